The van der Waals surface area contributed by atoms with E-state index in [1.807, 2.05) is 39.8 Å². The lowest BCUT2D eigenvalue weighted by Gasteiger charge is -2.08. The molecule has 0 aliphatic heterocycles. The summed E-state index contributed by atoms with van der Waals surface area (Å²) in [5.74, 6) is 0.950. The van der Waals surface area contributed by atoms with Crippen molar-refractivity contribution in [3.63, 3.8) is 0 Å². The van der Waals surface area contributed by atoms with Crippen LogP contribution in [-0.2, 0) is 0 Å². The van der Waals surface area contributed by atoms with Crippen molar-refractivity contribution in [2.24, 2.45) is 0 Å². The largest absolute Gasteiger partial charge is 0.491 e. The van der Waals surface area contributed by atoms with Gasteiger partial charge in [0.15, 0.2) is 0 Å². The Bertz CT molecular complexity index is 211. The van der Waals surface area contributed by atoms with Crippen molar-refractivity contribution in [3.8, 4) is 5.75 Å². The van der Waals surface area contributed by atoms with Crippen LogP contribution < -0.4 is 4.74 Å². The molecule has 0 aliphatic carbocycles. The number of ether oxygens (including phenoxy) is 1. The monoisotopic (exact) mass is 180 g/mol. The van der Waals surface area contributed by atoms with E-state index < -0.39 is 0 Å². The van der Waals surface area contributed by atoms with Gasteiger partial charge in [-0.2, -0.15) is 0 Å². The van der Waals surface area contributed by atoms with Crippen molar-refractivity contribution in [2.45, 2.75) is 40.7 Å². The molecule has 13 heavy (non-hydrogen) atoms. The maximum absolute atomic E-state index is 5.47. The van der Waals surface area contributed by atoms with E-state index in [-0.39, 0.29) is 6.10 Å². The minimum atomic E-state index is 0.262. The molecule has 0 fully saturated rings. The van der Waals surface area contributed by atoms with Crippen LogP contribution in [0.15, 0.2) is 24.3 Å². The number of hydrogen-bond acceptors (Lipinski definition) is 1. The van der Waals surface area contributed by atoms with E-state index in [0.717, 1.165) is 5.75 Å². The van der Waals surface area contributed by atoms with Gasteiger partial charge in [0.1, 0.15) is 5.75 Å². The number of aryl methyl sites for hydroxylation is 1. The molecule has 0 unspecified atom stereocenters. The fraction of sp³-hybridized carbons (Fsp3) is 0.500. The van der Waals surface area contributed by atoms with E-state index in [0.29, 0.717) is 0 Å². The van der Waals surface area contributed by atoms with Gasteiger partial charge in [-0.15, -0.1) is 0 Å². The minimum absolute atomic E-state index is 0.262. The Balaban J connectivity index is 0.000000671. The Morgan fingerprint density at radius 3 is 1.85 bits per heavy atom. The van der Waals surface area contributed by atoms with Crippen LogP contribution in [0.25, 0.3) is 0 Å². The van der Waals surface area contributed by atoms with Gasteiger partial charge in [-0.3, -0.25) is 0 Å². The second-order valence-electron chi connectivity index (χ2n) is 2.98. The third kappa shape index (κ3) is 5.29. The van der Waals surface area contributed by atoms with E-state index in [9.17, 15) is 0 Å². The molecule has 0 radical (unpaired) electrons. The van der Waals surface area contributed by atoms with Gasteiger partial charge in [0.05, 0.1) is 6.10 Å². The highest BCUT2D eigenvalue weighted by atomic mass is 16.5. The Kier molecular flexibility index (Phi) is 6.03. The molecule has 0 aliphatic rings. The van der Waals surface area contributed by atoms with Crippen LogP contribution in [0.4, 0.5) is 0 Å². The fourth-order valence-corrected chi connectivity index (χ4v) is 0.889. The average molecular weight is 180 g/mol. The van der Waals surface area contributed by atoms with Crippen molar-refractivity contribution in [1.82, 2.24) is 0 Å². The lowest BCUT2D eigenvalue weighted by Crippen LogP contribution is -2.05. The standard InChI is InChI=1S/C10H14O.C2H6/c1-8(2)11-10-6-4-9(3)5-7-10;1-2/h4-8H,1-3H3;1-2H3. The van der Waals surface area contributed by atoms with E-state index >= 15 is 0 Å². The predicted molar refractivity (Wildman–Crippen MR) is 58.3 cm³/mol. The summed E-state index contributed by atoms with van der Waals surface area (Å²) in [4.78, 5) is 0. The number of hydrogen-bond donors (Lipinski definition) is 0. The first-order chi connectivity index (χ1) is 6.18. The van der Waals surface area contributed by atoms with Crippen LogP contribution in [-0.4, -0.2) is 6.10 Å². The molecule has 0 N–H and O–H groups in total. The molecule has 0 saturated carbocycles. The molecule has 0 atom stereocenters. The molecule has 0 aromatic heterocycles. The number of rotatable bonds is 2. The topological polar surface area (TPSA) is 9.23 Å². The van der Waals surface area contributed by atoms with Crippen LogP contribution in [0, 0.1) is 6.92 Å². The maximum atomic E-state index is 5.47. The van der Waals surface area contributed by atoms with Crippen molar-refractivity contribution >= 4 is 0 Å². The van der Waals surface area contributed by atoms with Crippen molar-refractivity contribution in [3.05, 3.63) is 29.8 Å². The molecule has 0 spiro atoms. The van der Waals surface area contributed by atoms with Gasteiger partial charge < -0.3 is 4.74 Å². The zero-order valence-electron chi connectivity index (χ0n) is 9.29. The van der Waals surface area contributed by atoms with Crippen LogP contribution in [0.1, 0.15) is 33.3 Å². The highest BCUT2D eigenvalue weighted by Crippen LogP contribution is 2.12. The van der Waals surface area contributed by atoms with E-state index in [1.165, 1.54) is 5.56 Å². The van der Waals surface area contributed by atoms with Crippen molar-refractivity contribution < 1.29 is 4.74 Å². The number of benzene rings is 1. The van der Waals surface area contributed by atoms with Gasteiger partial charge in [-0.1, -0.05) is 31.5 Å². The first kappa shape index (κ1) is 12.0. The summed E-state index contributed by atoms with van der Waals surface area (Å²) in [5.41, 5.74) is 1.26. The Morgan fingerprint density at radius 1 is 1.00 bits per heavy atom. The molecule has 1 aromatic rings. The molecule has 0 saturated heterocycles. The molecular formula is C12H20O. The molecular weight excluding hydrogens is 160 g/mol. The molecule has 0 bridgehead atoms. The summed E-state index contributed by atoms with van der Waals surface area (Å²) in [6.45, 7) is 10.1. The van der Waals surface area contributed by atoms with Crippen LogP contribution in [0.3, 0.4) is 0 Å². The van der Waals surface area contributed by atoms with E-state index in [1.54, 1.807) is 0 Å². The summed E-state index contributed by atoms with van der Waals surface area (Å²) in [5, 5.41) is 0. The minimum Gasteiger partial charge on any atom is -0.491 e. The van der Waals surface area contributed by atoms with E-state index in [2.05, 4.69) is 19.1 Å². The molecule has 1 heteroatoms. The lowest BCUT2D eigenvalue weighted by atomic mass is 10.2. The van der Waals surface area contributed by atoms with E-state index in [4.69, 9.17) is 4.74 Å². The first-order valence-electron chi connectivity index (χ1n) is 4.92. The molecule has 0 heterocycles. The van der Waals surface area contributed by atoms with Crippen molar-refractivity contribution in [2.75, 3.05) is 0 Å². The van der Waals surface area contributed by atoms with Gasteiger partial charge in [-0.25, -0.2) is 0 Å². The van der Waals surface area contributed by atoms with Gasteiger partial charge in [0.2, 0.25) is 0 Å². The maximum Gasteiger partial charge on any atom is 0.119 e. The highest BCUT2D eigenvalue weighted by Gasteiger charge is 1.94. The molecule has 1 aromatic carbocycles. The molecule has 1 nitrogen and oxygen atoms in total. The highest BCUT2D eigenvalue weighted by molar-refractivity contribution is 5.26. The lowest BCUT2D eigenvalue weighted by molar-refractivity contribution is 0.242. The Labute approximate surface area is 81.7 Å². The van der Waals surface area contributed by atoms with Crippen LogP contribution >= 0.6 is 0 Å². The smallest absolute Gasteiger partial charge is 0.119 e. The van der Waals surface area contributed by atoms with Crippen molar-refractivity contribution in [1.29, 1.82) is 0 Å². The summed E-state index contributed by atoms with van der Waals surface area (Å²) >= 11 is 0. The molecule has 74 valence electrons. The fourth-order valence-electron chi connectivity index (χ4n) is 0.889. The summed E-state index contributed by atoms with van der Waals surface area (Å²) in [6.07, 6.45) is 0.262. The summed E-state index contributed by atoms with van der Waals surface area (Å²) < 4.78 is 5.47. The third-order valence-electron chi connectivity index (χ3n) is 1.39. The Morgan fingerprint density at radius 2 is 1.46 bits per heavy atom. The van der Waals surface area contributed by atoms with Gasteiger partial charge in [-0.05, 0) is 32.9 Å². The van der Waals surface area contributed by atoms with Gasteiger partial charge in [0.25, 0.3) is 0 Å². The molecule has 1 rings (SSSR count). The second-order valence-corrected chi connectivity index (χ2v) is 2.98. The normalized spacial score (nSPS) is 9.08. The molecule has 0 amide bonds. The summed E-state index contributed by atoms with van der Waals surface area (Å²) in [7, 11) is 0. The average Bonchev–Trinajstić information content (AvgIpc) is 2.12. The first-order valence-corrected chi connectivity index (χ1v) is 4.92. The Hall–Kier alpha value is -0.980. The quantitative estimate of drug-likeness (QED) is 0.672. The SMILES string of the molecule is CC.Cc1ccc(OC(C)C)cc1. The summed E-state index contributed by atoms with van der Waals surface area (Å²) in [6, 6.07) is 8.10. The van der Waals surface area contributed by atoms with Gasteiger partial charge >= 0.3 is 0 Å². The van der Waals surface area contributed by atoms with Crippen LogP contribution in [0.2, 0.25) is 0 Å². The third-order valence-corrected chi connectivity index (χ3v) is 1.39. The zero-order chi connectivity index (χ0) is 10.3. The van der Waals surface area contributed by atoms with Crippen LogP contribution in [0.5, 0.6) is 5.75 Å². The second kappa shape index (κ2) is 6.53. The predicted octanol–water partition coefficient (Wildman–Crippen LogP) is 3.81. The zero-order valence-corrected chi connectivity index (χ0v) is 9.29. The van der Waals surface area contributed by atoms with Gasteiger partial charge in [0, 0.05) is 0 Å².